The molecule has 1 N–H and O–H groups in total. The second-order valence-electron chi connectivity index (χ2n) is 5.72. The van der Waals surface area contributed by atoms with E-state index < -0.39 is 5.54 Å². The van der Waals surface area contributed by atoms with Crippen LogP contribution in [0.15, 0.2) is 0 Å². The van der Waals surface area contributed by atoms with Gasteiger partial charge in [0.1, 0.15) is 11.6 Å². The summed E-state index contributed by atoms with van der Waals surface area (Å²) in [5.74, 6) is 0.101. The number of hydrogen-bond donors (Lipinski definition) is 1. The van der Waals surface area contributed by atoms with Gasteiger partial charge in [0.2, 0.25) is 11.8 Å². The molecule has 0 bridgehead atoms. The van der Waals surface area contributed by atoms with E-state index in [1.54, 1.807) is 4.90 Å². The van der Waals surface area contributed by atoms with Crippen LogP contribution in [0.5, 0.6) is 0 Å². The Kier molecular flexibility index (Phi) is 3.84. The van der Waals surface area contributed by atoms with Gasteiger partial charge >= 0.3 is 0 Å². The topological polar surface area (TPSA) is 49.4 Å². The summed E-state index contributed by atoms with van der Waals surface area (Å²) in [6.45, 7) is 11.6. The summed E-state index contributed by atoms with van der Waals surface area (Å²) in [7, 11) is 0. The molecule has 1 heterocycles. The Balaban J connectivity index is 3.10. The first-order valence-electron chi connectivity index (χ1n) is 6.37. The van der Waals surface area contributed by atoms with Gasteiger partial charge < -0.3 is 10.2 Å². The van der Waals surface area contributed by atoms with Gasteiger partial charge in [-0.1, -0.05) is 20.8 Å². The third-order valence-electron chi connectivity index (χ3n) is 3.65. The standard InChI is InChI=1S/C13H24N2O2/c1-7-9(4)15-11(16)10(8(2)3)14-12(17)13(15,5)6/h8-10H,7H2,1-6H3,(H,14,17). The van der Waals surface area contributed by atoms with Crippen LogP contribution in [0.2, 0.25) is 0 Å². The van der Waals surface area contributed by atoms with E-state index >= 15 is 0 Å². The van der Waals surface area contributed by atoms with E-state index in [-0.39, 0.29) is 29.8 Å². The Morgan fingerprint density at radius 3 is 2.24 bits per heavy atom. The van der Waals surface area contributed by atoms with Crippen LogP contribution in [0.3, 0.4) is 0 Å². The predicted octanol–water partition coefficient (Wildman–Crippen LogP) is 1.55. The maximum Gasteiger partial charge on any atom is 0.246 e. The zero-order valence-corrected chi connectivity index (χ0v) is 11.7. The highest BCUT2D eigenvalue weighted by Gasteiger charge is 2.48. The Morgan fingerprint density at radius 1 is 1.29 bits per heavy atom. The summed E-state index contributed by atoms with van der Waals surface area (Å²) in [5, 5.41) is 2.83. The molecule has 98 valence electrons. The molecule has 17 heavy (non-hydrogen) atoms. The van der Waals surface area contributed by atoms with Gasteiger partial charge in [-0.25, -0.2) is 0 Å². The summed E-state index contributed by atoms with van der Waals surface area (Å²) >= 11 is 0. The molecule has 1 aliphatic rings. The number of nitrogens with zero attached hydrogens (tertiary/aromatic N) is 1. The van der Waals surface area contributed by atoms with Crippen molar-refractivity contribution in [1.29, 1.82) is 0 Å². The second kappa shape index (κ2) is 4.67. The molecule has 1 rings (SSSR count). The van der Waals surface area contributed by atoms with Crippen LogP contribution in [0.25, 0.3) is 0 Å². The average Bonchev–Trinajstić information content (AvgIpc) is 2.22. The molecule has 0 aromatic carbocycles. The fourth-order valence-corrected chi connectivity index (χ4v) is 2.32. The highest BCUT2D eigenvalue weighted by Crippen LogP contribution is 2.26. The van der Waals surface area contributed by atoms with Crippen LogP contribution in [0, 0.1) is 5.92 Å². The number of hydrogen-bond acceptors (Lipinski definition) is 2. The largest absolute Gasteiger partial charge is 0.342 e. The number of carbonyl (C=O) groups is 2. The Labute approximate surface area is 104 Å². The summed E-state index contributed by atoms with van der Waals surface area (Å²) in [6, 6.07) is -0.297. The SMILES string of the molecule is CCC(C)N1C(=O)C(C(C)C)NC(=O)C1(C)C. The number of amides is 2. The molecule has 1 aliphatic heterocycles. The molecule has 2 atom stereocenters. The normalized spacial score (nSPS) is 26.1. The molecule has 4 nitrogen and oxygen atoms in total. The van der Waals surface area contributed by atoms with Gasteiger partial charge in [-0.05, 0) is 33.1 Å². The van der Waals surface area contributed by atoms with Gasteiger partial charge in [-0.3, -0.25) is 9.59 Å². The minimum atomic E-state index is -0.752. The quantitative estimate of drug-likeness (QED) is 0.813. The van der Waals surface area contributed by atoms with Gasteiger partial charge in [-0.2, -0.15) is 0 Å². The monoisotopic (exact) mass is 240 g/mol. The fourth-order valence-electron chi connectivity index (χ4n) is 2.32. The third-order valence-corrected chi connectivity index (χ3v) is 3.65. The molecule has 2 unspecified atom stereocenters. The maximum absolute atomic E-state index is 12.4. The lowest BCUT2D eigenvalue weighted by molar-refractivity contribution is -0.159. The minimum absolute atomic E-state index is 0.0407. The van der Waals surface area contributed by atoms with Crippen LogP contribution in [-0.4, -0.2) is 34.3 Å². The lowest BCUT2D eigenvalue weighted by Crippen LogP contribution is -2.71. The molecular weight excluding hydrogens is 216 g/mol. The van der Waals surface area contributed by atoms with E-state index in [9.17, 15) is 9.59 Å². The third kappa shape index (κ3) is 2.31. The van der Waals surface area contributed by atoms with E-state index in [2.05, 4.69) is 5.32 Å². The van der Waals surface area contributed by atoms with Gasteiger partial charge in [0.15, 0.2) is 0 Å². The van der Waals surface area contributed by atoms with Crippen LogP contribution >= 0.6 is 0 Å². The van der Waals surface area contributed by atoms with E-state index in [1.165, 1.54) is 0 Å². The first-order valence-corrected chi connectivity index (χ1v) is 6.37. The van der Waals surface area contributed by atoms with Crippen molar-refractivity contribution < 1.29 is 9.59 Å². The maximum atomic E-state index is 12.4. The molecule has 1 fully saturated rings. The molecule has 2 amide bonds. The van der Waals surface area contributed by atoms with Crippen molar-refractivity contribution >= 4 is 11.8 Å². The zero-order valence-electron chi connectivity index (χ0n) is 11.7. The Morgan fingerprint density at radius 2 is 1.82 bits per heavy atom. The van der Waals surface area contributed by atoms with Crippen molar-refractivity contribution in [1.82, 2.24) is 10.2 Å². The lowest BCUT2D eigenvalue weighted by atomic mass is 9.89. The second-order valence-corrected chi connectivity index (χ2v) is 5.72. The van der Waals surface area contributed by atoms with E-state index in [1.807, 2.05) is 41.5 Å². The van der Waals surface area contributed by atoms with Gasteiger partial charge in [0, 0.05) is 6.04 Å². The number of rotatable bonds is 3. The zero-order chi connectivity index (χ0) is 13.4. The van der Waals surface area contributed by atoms with Crippen LogP contribution in [0.4, 0.5) is 0 Å². The minimum Gasteiger partial charge on any atom is -0.342 e. The molecule has 0 aliphatic carbocycles. The van der Waals surface area contributed by atoms with Crippen molar-refractivity contribution in [3.63, 3.8) is 0 Å². The van der Waals surface area contributed by atoms with Crippen molar-refractivity contribution in [3.05, 3.63) is 0 Å². The van der Waals surface area contributed by atoms with Crippen molar-refractivity contribution in [2.75, 3.05) is 0 Å². The molecule has 0 spiro atoms. The van der Waals surface area contributed by atoms with Crippen LogP contribution in [-0.2, 0) is 9.59 Å². The van der Waals surface area contributed by atoms with E-state index in [0.29, 0.717) is 0 Å². The lowest BCUT2D eigenvalue weighted by Gasteiger charge is -2.48. The van der Waals surface area contributed by atoms with E-state index in [4.69, 9.17) is 0 Å². The summed E-state index contributed by atoms with van der Waals surface area (Å²) in [6.07, 6.45) is 0.854. The number of piperazine rings is 1. The van der Waals surface area contributed by atoms with Gasteiger partial charge in [0.05, 0.1) is 0 Å². The fraction of sp³-hybridized carbons (Fsp3) is 0.846. The van der Waals surface area contributed by atoms with Crippen LogP contribution in [0.1, 0.15) is 48.0 Å². The highest BCUT2D eigenvalue weighted by molar-refractivity contribution is 5.99. The summed E-state index contributed by atoms with van der Waals surface area (Å²) in [5.41, 5.74) is -0.752. The molecule has 1 saturated heterocycles. The summed E-state index contributed by atoms with van der Waals surface area (Å²) < 4.78 is 0. The van der Waals surface area contributed by atoms with Crippen molar-refractivity contribution in [3.8, 4) is 0 Å². The van der Waals surface area contributed by atoms with Crippen molar-refractivity contribution in [2.24, 2.45) is 5.92 Å². The Bertz CT molecular complexity index is 323. The molecule has 0 radical (unpaired) electrons. The van der Waals surface area contributed by atoms with Gasteiger partial charge in [-0.15, -0.1) is 0 Å². The first kappa shape index (κ1) is 14.0. The number of nitrogens with one attached hydrogen (secondary N) is 1. The molecule has 0 aromatic heterocycles. The van der Waals surface area contributed by atoms with E-state index in [0.717, 1.165) is 6.42 Å². The molecule has 0 aromatic rings. The summed E-state index contributed by atoms with van der Waals surface area (Å²) in [4.78, 5) is 26.3. The number of carbonyl (C=O) groups excluding carboxylic acids is 2. The molecule has 4 heteroatoms. The first-order chi connectivity index (χ1) is 7.73. The average molecular weight is 240 g/mol. The molecule has 0 saturated carbocycles. The highest BCUT2D eigenvalue weighted by atomic mass is 16.2. The smallest absolute Gasteiger partial charge is 0.246 e. The Hall–Kier alpha value is -1.06. The predicted molar refractivity (Wildman–Crippen MR) is 67.4 cm³/mol. The molecular formula is C13H24N2O2. The van der Waals surface area contributed by atoms with Gasteiger partial charge in [0.25, 0.3) is 0 Å². The van der Waals surface area contributed by atoms with Crippen molar-refractivity contribution in [2.45, 2.75) is 65.6 Å². The van der Waals surface area contributed by atoms with Crippen LogP contribution < -0.4 is 5.32 Å².